The Bertz CT molecular complexity index is 297. The molecule has 1 amide bonds. The van der Waals surface area contributed by atoms with E-state index < -0.39 is 0 Å². The predicted molar refractivity (Wildman–Crippen MR) is 80.0 cm³/mol. The number of rotatable bonds is 3. The highest BCUT2D eigenvalue weighted by Crippen LogP contribution is 2.44. The summed E-state index contributed by atoms with van der Waals surface area (Å²) in [6.07, 6.45) is 12.7. The van der Waals surface area contributed by atoms with Crippen LogP contribution in [0.4, 0.5) is 0 Å². The topological polar surface area (TPSA) is 20.3 Å². The van der Waals surface area contributed by atoms with Crippen molar-refractivity contribution < 1.29 is 4.79 Å². The Kier molecular flexibility index (Phi) is 4.92. The first kappa shape index (κ1) is 14.9. The van der Waals surface area contributed by atoms with Crippen LogP contribution in [0.2, 0.25) is 0 Å². The second-order valence-electron chi connectivity index (χ2n) is 6.98. The number of hydrogen-bond acceptors (Lipinski definition) is 1. The lowest BCUT2D eigenvalue weighted by Crippen LogP contribution is -2.60. The van der Waals surface area contributed by atoms with Gasteiger partial charge in [0.2, 0.25) is 5.91 Å². The third-order valence-electron chi connectivity index (χ3n) is 5.19. The van der Waals surface area contributed by atoms with Crippen LogP contribution in [0, 0.1) is 5.92 Å². The molecule has 19 heavy (non-hydrogen) atoms. The zero-order valence-electron chi connectivity index (χ0n) is 13.1. The van der Waals surface area contributed by atoms with Crippen LogP contribution in [0.25, 0.3) is 0 Å². The van der Waals surface area contributed by atoms with Crippen molar-refractivity contribution in [3.05, 3.63) is 0 Å². The van der Waals surface area contributed by atoms with Gasteiger partial charge in [-0.2, -0.15) is 0 Å². The highest BCUT2D eigenvalue weighted by atomic mass is 16.2. The number of carbonyl (C=O) groups is 1. The Morgan fingerprint density at radius 1 is 1.16 bits per heavy atom. The maximum absolute atomic E-state index is 12.8. The van der Waals surface area contributed by atoms with Gasteiger partial charge in [-0.3, -0.25) is 4.79 Å². The van der Waals surface area contributed by atoms with Gasteiger partial charge in [0.25, 0.3) is 0 Å². The van der Waals surface area contributed by atoms with E-state index in [2.05, 4.69) is 25.7 Å². The molecular formula is C17H31NO. The lowest BCUT2D eigenvalue weighted by atomic mass is 9.72. The quantitative estimate of drug-likeness (QED) is 0.734. The van der Waals surface area contributed by atoms with E-state index in [-0.39, 0.29) is 11.5 Å². The molecular weight excluding hydrogens is 234 g/mol. The van der Waals surface area contributed by atoms with E-state index in [4.69, 9.17) is 0 Å². The van der Waals surface area contributed by atoms with E-state index in [1.54, 1.807) is 0 Å². The highest BCUT2D eigenvalue weighted by Gasteiger charge is 2.46. The molecule has 2 nitrogen and oxygen atoms in total. The van der Waals surface area contributed by atoms with Crippen LogP contribution in [-0.4, -0.2) is 22.4 Å². The van der Waals surface area contributed by atoms with Gasteiger partial charge in [0, 0.05) is 17.5 Å². The van der Waals surface area contributed by atoms with E-state index in [0.717, 1.165) is 0 Å². The summed E-state index contributed by atoms with van der Waals surface area (Å²) in [5, 5.41) is 0. The molecule has 1 saturated carbocycles. The Hall–Kier alpha value is -0.530. The minimum absolute atomic E-state index is 0.149. The van der Waals surface area contributed by atoms with Crippen LogP contribution in [0.15, 0.2) is 0 Å². The largest absolute Gasteiger partial charge is 0.334 e. The van der Waals surface area contributed by atoms with E-state index >= 15 is 0 Å². The van der Waals surface area contributed by atoms with Crippen LogP contribution in [-0.2, 0) is 4.79 Å². The molecule has 0 radical (unpaired) electrons. The van der Waals surface area contributed by atoms with Crippen molar-refractivity contribution in [3.8, 4) is 0 Å². The number of piperidine rings is 1. The van der Waals surface area contributed by atoms with Crippen LogP contribution < -0.4 is 0 Å². The molecule has 1 aliphatic carbocycles. The van der Waals surface area contributed by atoms with Gasteiger partial charge < -0.3 is 4.90 Å². The van der Waals surface area contributed by atoms with E-state index in [1.807, 2.05) is 0 Å². The minimum Gasteiger partial charge on any atom is -0.334 e. The van der Waals surface area contributed by atoms with Crippen molar-refractivity contribution in [2.45, 2.75) is 96.6 Å². The van der Waals surface area contributed by atoms with Gasteiger partial charge >= 0.3 is 0 Å². The highest BCUT2D eigenvalue weighted by molar-refractivity contribution is 5.79. The number of carbonyl (C=O) groups excluding carboxylic acids is 1. The number of likely N-dealkylation sites (tertiary alicyclic amines) is 1. The van der Waals surface area contributed by atoms with E-state index in [9.17, 15) is 4.79 Å². The molecule has 0 aromatic rings. The van der Waals surface area contributed by atoms with Gasteiger partial charge in [-0.15, -0.1) is 0 Å². The molecule has 2 rings (SSSR count). The number of hydrogen-bond donors (Lipinski definition) is 0. The van der Waals surface area contributed by atoms with Crippen molar-refractivity contribution in [1.29, 1.82) is 0 Å². The summed E-state index contributed by atoms with van der Waals surface area (Å²) in [5.74, 6) is 0.566. The average molecular weight is 265 g/mol. The lowest BCUT2D eigenvalue weighted by Gasteiger charge is -2.54. The molecule has 0 aromatic carbocycles. The molecule has 2 aliphatic rings. The van der Waals surface area contributed by atoms with Crippen molar-refractivity contribution in [2.75, 3.05) is 0 Å². The summed E-state index contributed by atoms with van der Waals surface area (Å²) < 4.78 is 0. The van der Waals surface area contributed by atoms with Gasteiger partial charge in [-0.1, -0.05) is 46.5 Å². The van der Waals surface area contributed by atoms with Gasteiger partial charge in [0.1, 0.15) is 0 Å². The van der Waals surface area contributed by atoms with Gasteiger partial charge in [-0.05, 0) is 38.5 Å². The zero-order chi connectivity index (χ0) is 13.9. The van der Waals surface area contributed by atoms with Crippen LogP contribution in [0.3, 0.4) is 0 Å². The third kappa shape index (κ3) is 2.98. The first-order valence-electron chi connectivity index (χ1n) is 8.44. The molecule has 110 valence electrons. The SMILES string of the molecule is CCCC1CCCC2(CCCCC2)N1C(=O)C(C)C. The molecule has 0 aromatic heterocycles. The molecule has 1 unspecified atom stereocenters. The molecule has 2 fully saturated rings. The summed E-state index contributed by atoms with van der Waals surface area (Å²) in [4.78, 5) is 15.2. The molecule has 1 spiro atoms. The smallest absolute Gasteiger partial charge is 0.225 e. The maximum Gasteiger partial charge on any atom is 0.225 e. The Morgan fingerprint density at radius 3 is 2.37 bits per heavy atom. The number of nitrogens with zero attached hydrogens (tertiary/aromatic N) is 1. The van der Waals surface area contributed by atoms with Crippen LogP contribution >= 0.6 is 0 Å². The van der Waals surface area contributed by atoms with Crippen LogP contribution in [0.5, 0.6) is 0 Å². The van der Waals surface area contributed by atoms with E-state index in [0.29, 0.717) is 11.9 Å². The molecule has 1 heterocycles. The fraction of sp³-hybridized carbons (Fsp3) is 0.941. The Morgan fingerprint density at radius 2 is 1.79 bits per heavy atom. The predicted octanol–water partition coefficient (Wildman–Crippen LogP) is 4.53. The summed E-state index contributed by atoms with van der Waals surface area (Å²) in [6.45, 7) is 6.38. The van der Waals surface area contributed by atoms with Crippen molar-refractivity contribution in [3.63, 3.8) is 0 Å². The van der Waals surface area contributed by atoms with Gasteiger partial charge in [0.15, 0.2) is 0 Å². The lowest BCUT2D eigenvalue weighted by molar-refractivity contribution is -0.151. The summed E-state index contributed by atoms with van der Waals surface area (Å²) >= 11 is 0. The van der Waals surface area contributed by atoms with Gasteiger partial charge in [-0.25, -0.2) is 0 Å². The second kappa shape index (κ2) is 6.28. The molecule has 1 atom stereocenters. The Balaban J connectivity index is 2.25. The maximum atomic E-state index is 12.8. The first-order chi connectivity index (χ1) is 9.10. The third-order valence-corrected chi connectivity index (χ3v) is 5.19. The fourth-order valence-corrected chi connectivity index (χ4v) is 4.30. The minimum atomic E-state index is 0.149. The van der Waals surface area contributed by atoms with Crippen molar-refractivity contribution in [2.24, 2.45) is 5.92 Å². The normalized spacial score (nSPS) is 26.9. The van der Waals surface area contributed by atoms with E-state index in [1.165, 1.54) is 64.2 Å². The second-order valence-corrected chi connectivity index (χ2v) is 6.98. The fourth-order valence-electron chi connectivity index (χ4n) is 4.30. The molecule has 0 bridgehead atoms. The average Bonchev–Trinajstić information content (AvgIpc) is 2.39. The monoisotopic (exact) mass is 265 g/mol. The van der Waals surface area contributed by atoms with Crippen molar-refractivity contribution in [1.82, 2.24) is 4.90 Å². The Labute approximate surface area is 118 Å². The molecule has 1 saturated heterocycles. The molecule has 2 heteroatoms. The summed E-state index contributed by atoms with van der Waals surface area (Å²) in [7, 11) is 0. The molecule has 0 N–H and O–H groups in total. The number of amides is 1. The summed E-state index contributed by atoms with van der Waals surface area (Å²) in [5.41, 5.74) is 0.234. The standard InChI is InChI=1S/C17H31NO/c1-4-9-15-10-8-13-17(11-6-5-7-12-17)18(15)16(19)14(2)3/h14-15H,4-13H2,1-3H3. The van der Waals surface area contributed by atoms with Crippen molar-refractivity contribution >= 4 is 5.91 Å². The zero-order valence-corrected chi connectivity index (χ0v) is 13.1. The van der Waals surface area contributed by atoms with Gasteiger partial charge in [0.05, 0.1) is 0 Å². The van der Waals surface area contributed by atoms with Crippen LogP contribution in [0.1, 0.15) is 85.0 Å². The first-order valence-corrected chi connectivity index (χ1v) is 8.44. The molecule has 1 aliphatic heterocycles. The summed E-state index contributed by atoms with van der Waals surface area (Å²) in [6, 6.07) is 0.520.